The Hall–Kier alpha value is -3.38. The standard InChI is InChI=1S/C25H22ClN3O3/c26-18-11-9-16(10-12-18)14-28-15-17(20-7-3-4-8-22(20)28)13-21-23(30)27-25(32)29(24(21)31)19-5-1-2-6-19/h3-4,7-13,15,19H,1-2,5-6,14H2,(H,27,30,32)/b21-13-. The van der Waals surface area contributed by atoms with E-state index in [1.807, 2.05) is 54.7 Å². The van der Waals surface area contributed by atoms with Crippen LogP contribution in [0.3, 0.4) is 0 Å². The summed E-state index contributed by atoms with van der Waals surface area (Å²) in [5.41, 5.74) is 2.82. The quantitative estimate of drug-likeness (QED) is 0.463. The number of carbonyl (C=O) groups is 3. The van der Waals surface area contributed by atoms with Gasteiger partial charge in [-0.05, 0) is 42.7 Å². The number of hydrogen-bond donors (Lipinski definition) is 1. The molecule has 5 rings (SSSR count). The highest BCUT2D eigenvalue weighted by molar-refractivity contribution is 6.31. The maximum atomic E-state index is 13.2. The first-order valence-corrected chi connectivity index (χ1v) is 11.1. The summed E-state index contributed by atoms with van der Waals surface area (Å²) >= 11 is 6.01. The number of nitrogens with zero attached hydrogens (tertiary/aromatic N) is 2. The lowest BCUT2D eigenvalue weighted by Crippen LogP contribution is -2.57. The zero-order valence-corrected chi connectivity index (χ0v) is 18.1. The van der Waals surface area contributed by atoms with Crippen LogP contribution in [0.5, 0.6) is 0 Å². The number of imide groups is 2. The normalized spacial score (nSPS) is 18.7. The van der Waals surface area contributed by atoms with Gasteiger partial charge in [0.15, 0.2) is 0 Å². The fourth-order valence-corrected chi connectivity index (χ4v) is 4.75. The molecule has 32 heavy (non-hydrogen) atoms. The summed E-state index contributed by atoms with van der Waals surface area (Å²) in [4.78, 5) is 39.3. The summed E-state index contributed by atoms with van der Waals surface area (Å²) < 4.78 is 2.08. The van der Waals surface area contributed by atoms with E-state index in [2.05, 4.69) is 9.88 Å². The molecule has 2 heterocycles. The summed E-state index contributed by atoms with van der Waals surface area (Å²) in [6.07, 6.45) is 7.05. The molecule has 162 valence electrons. The third-order valence-corrected chi connectivity index (χ3v) is 6.46. The first-order valence-electron chi connectivity index (χ1n) is 10.7. The molecule has 7 heteroatoms. The zero-order valence-electron chi connectivity index (χ0n) is 17.4. The van der Waals surface area contributed by atoms with E-state index in [1.165, 1.54) is 4.90 Å². The fourth-order valence-electron chi connectivity index (χ4n) is 4.63. The molecule has 0 unspecified atom stereocenters. The highest BCUT2D eigenvalue weighted by Crippen LogP contribution is 2.29. The van der Waals surface area contributed by atoms with Crippen LogP contribution in [-0.4, -0.2) is 33.4 Å². The number of halogens is 1. The van der Waals surface area contributed by atoms with Gasteiger partial charge in [0.25, 0.3) is 11.8 Å². The molecule has 1 aliphatic carbocycles. The van der Waals surface area contributed by atoms with Gasteiger partial charge in [0.2, 0.25) is 0 Å². The first kappa shape index (κ1) is 20.5. The molecular formula is C25H22ClN3O3. The number of urea groups is 1. The van der Waals surface area contributed by atoms with Gasteiger partial charge in [-0.1, -0.05) is 54.8 Å². The minimum Gasteiger partial charge on any atom is -0.342 e. The smallest absolute Gasteiger partial charge is 0.331 e. The first-order chi connectivity index (χ1) is 15.5. The van der Waals surface area contributed by atoms with Gasteiger partial charge >= 0.3 is 6.03 Å². The average molecular weight is 448 g/mol. The second kappa shape index (κ2) is 8.28. The minimum absolute atomic E-state index is 0.00843. The molecule has 1 N–H and O–H groups in total. The monoisotopic (exact) mass is 447 g/mol. The molecule has 1 saturated carbocycles. The van der Waals surface area contributed by atoms with Crippen LogP contribution >= 0.6 is 11.6 Å². The average Bonchev–Trinajstić information content (AvgIpc) is 3.42. The van der Waals surface area contributed by atoms with E-state index in [9.17, 15) is 14.4 Å². The molecule has 1 saturated heterocycles. The van der Waals surface area contributed by atoms with Crippen molar-refractivity contribution in [3.8, 4) is 0 Å². The van der Waals surface area contributed by atoms with Crippen molar-refractivity contribution in [1.29, 1.82) is 0 Å². The summed E-state index contributed by atoms with van der Waals surface area (Å²) in [6, 6.07) is 14.7. The second-order valence-electron chi connectivity index (χ2n) is 8.29. The van der Waals surface area contributed by atoms with Gasteiger partial charge in [0.1, 0.15) is 5.57 Å². The van der Waals surface area contributed by atoms with Crippen LogP contribution < -0.4 is 5.32 Å². The molecule has 0 atom stereocenters. The molecule has 0 radical (unpaired) electrons. The molecule has 2 aliphatic rings. The number of hydrogen-bond acceptors (Lipinski definition) is 3. The van der Waals surface area contributed by atoms with Crippen molar-refractivity contribution in [2.75, 3.05) is 0 Å². The van der Waals surface area contributed by atoms with Crippen LogP contribution in [0.2, 0.25) is 5.02 Å². The Bertz CT molecular complexity index is 1250. The van der Waals surface area contributed by atoms with Crippen LogP contribution in [0.1, 0.15) is 36.8 Å². The van der Waals surface area contributed by atoms with E-state index >= 15 is 0 Å². The van der Waals surface area contributed by atoms with Crippen molar-refractivity contribution < 1.29 is 14.4 Å². The van der Waals surface area contributed by atoms with E-state index in [1.54, 1.807) is 6.08 Å². The number of fused-ring (bicyclic) bond motifs is 1. The van der Waals surface area contributed by atoms with Crippen LogP contribution in [0, 0.1) is 0 Å². The molecule has 0 spiro atoms. The third kappa shape index (κ3) is 3.71. The Labute approximate surface area is 190 Å². The summed E-state index contributed by atoms with van der Waals surface area (Å²) in [5, 5.41) is 3.96. The van der Waals surface area contributed by atoms with E-state index < -0.39 is 17.8 Å². The fraction of sp³-hybridized carbons (Fsp3) is 0.240. The zero-order chi connectivity index (χ0) is 22.2. The lowest BCUT2D eigenvalue weighted by Gasteiger charge is -2.31. The number of barbiturate groups is 1. The van der Waals surface area contributed by atoms with E-state index in [0.29, 0.717) is 11.6 Å². The lowest BCUT2D eigenvalue weighted by atomic mass is 10.0. The number of rotatable bonds is 4. The molecule has 2 aromatic carbocycles. The lowest BCUT2D eigenvalue weighted by molar-refractivity contribution is -0.131. The highest BCUT2D eigenvalue weighted by atomic mass is 35.5. The van der Waals surface area contributed by atoms with Gasteiger partial charge < -0.3 is 4.57 Å². The topological polar surface area (TPSA) is 71.4 Å². The number of benzene rings is 2. The Morgan fingerprint density at radius 3 is 2.47 bits per heavy atom. The minimum atomic E-state index is -0.649. The number of carbonyl (C=O) groups excluding carboxylic acids is 3. The van der Waals surface area contributed by atoms with E-state index in [4.69, 9.17) is 11.6 Å². The van der Waals surface area contributed by atoms with E-state index in [-0.39, 0.29) is 11.6 Å². The largest absolute Gasteiger partial charge is 0.342 e. The summed E-state index contributed by atoms with van der Waals surface area (Å²) in [7, 11) is 0. The van der Waals surface area contributed by atoms with Crippen LogP contribution in [0.15, 0.2) is 60.3 Å². The van der Waals surface area contributed by atoms with Gasteiger partial charge in [-0.3, -0.25) is 19.8 Å². The van der Waals surface area contributed by atoms with Gasteiger partial charge in [0.05, 0.1) is 0 Å². The maximum Gasteiger partial charge on any atom is 0.331 e. The molecule has 3 aromatic rings. The number of aromatic nitrogens is 1. The Balaban J connectivity index is 1.53. The molecule has 2 fully saturated rings. The van der Waals surface area contributed by atoms with Crippen molar-refractivity contribution in [2.45, 2.75) is 38.3 Å². The summed E-state index contributed by atoms with van der Waals surface area (Å²) in [5.74, 6) is -1.16. The number of nitrogens with one attached hydrogen (secondary N) is 1. The van der Waals surface area contributed by atoms with E-state index in [0.717, 1.165) is 47.7 Å². The Morgan fingerprint density at radius 2 is 1.72 bits per heavy atom. The Kier molecular flexibility index (Phi) is 5.31. The van der Waals surface area contributed by atoms with Crippen molar-refractivity contribution in [1.82, 2.24) is 14.8 Å². The third-order valence-electron chi connectivity index (χ3n) is 6.21. The molecule has 1 aliphatic heterocycles. The van der Waals surface area contributed by atoms with Gasteiger partial charge in [0, 0.05) is 40.3 Å². The van der Waals surface area contributed by atoms with Crippen LogP contribution in [-0.2, 0) is 16.1 Å². The van der Waals surface area contributed by atoms with Gasteiger partial charge in [-0.15, -0.1) is 0 Å². The predicted octanol–water partition coefficient (Wildman–Crippen LogP) is 4.75. The number of amides is 4. The SMILES string of the molecule is O=C1NC(=O)N(C2CCCC2)C(=O)/C1=C\c1cn(Cc2ccc(Cl)cc2)c2ccccc12. The molecule has 4 amide bonds. The molecule has 6 nitrogen and oxygen atoms in total. The number of para-hydroxylation sites is 1. The van der Waals surface area contributed by atoms with Gasteiger partial charge in [-0.2, -0.15) is 0 Å². The van der Waals surface area contributed by atoms with Crippen molar-refractivity contribution >= 4 is 46.4 Å². The van der Waals surface area contributed by atoms with Gasteiger partial charge in [-0.25, -0.2) is 4.79 Å². The molecule has 0 bridgehead atoms. The van der Waals surface area contributed by atoms with Crippen LogP contribution in [0.25, 0.3) is 17.0 Å². The van der Waals surface area contributed by atoms with Crippen molar-refractivity contribution in [2.24, 2.45) is 0 Å². The Morgan fingerprint density at radius 1 is 1.00 bits per heavy atom. The van der Waals surface area contributed by atoms with Crippen molar-refractivity contribution in [3.63, 3.8) is 0 Å². The highest BCUT2D eigenvalue weighted by Gasteiger charge is 2.40. The molecule has 1 aromatic heterocycles. The van der Waals surface area contributed by atoms with Crippen LogP contribution in [0.4, 0.5) is 4.79 Å². The van der Waals surface area contributed by atoms with Crippen molar-refractivity contribution in [3.05, 3.63) is 76.5 Å². The summed E-state index contributed by atoms with van der Waals surface area (Å²) in [6.45, 7) is 0.619. The molecular weight excluding hydrogens is 426 g/mol. The predicted molar refractivity (Wildman–Crippen MR) is 123 cm³/mol. The second-order valence-corrected chi connectivity index (χ2v) is 8.72. The maximum absolute atomic E-state index is 13.2.